The van der Waals surface area contributed by atoms with Crippen molar-refractivity contribution in [3.8, 4) is 0 Å². The van der Waals surface area contributed by atoms with E-state index in [9.17, 15) is 9.90 Å². The molecule has 1 aromatic carbocycles. The van der Waals surface area contributed by atoms with Gasteiger partial charge in [-0.05, 0) is 41.5 Å². The Morgan fingerprint density at radius 2 is 1.77 bits per heavy atom. The molecule has 0 spiro atoms. The van der Waals surface area contributed by atoms with E-state index in [-0.39, 0.29) is 12.5 Å². The highest BCUT2D eigenvalue weighted by atomic mass is 16.4. The van der Waals surface area contributed by atoms with E-state index in [1.54, 1.807) is 12.1 Å². The minimum atomic E-state index is -0.887. The van der Waals surface area contributed by atoms with Crippen molar-refractivity contribution in [1.82, 2.24) is 4.57 Å². The molecule has 0 atom stereocenters. The number of hydrogen-bond donors (Lipinski definition) is 2. The van der Waals surface area contributed by atoms with Crippen molar-refractivity contribution in [3.05, 3.63) is 35.0 Å². The quantitative estimate of drug-likeness (QED) is 0.848. The zero-order valence-corrected chi connectivity index (χ0v) is 13.8. The van der Waals surface area contributed by atoms with E-state index in [0.717, 1.165) is 28.6 Å². The summed E-state index contributed by atoms with van der Waals surface area (Å²) in [5, 5.41) is 19.5. The number of nitrogens with zero attached hydrogens (tertiary/aromatic N) is 1. The molecule has 0 aliphatic carbocycles. The summed E-state index contributed by atoms with van der Waals surface area (Å²) in [4.78, 5) is 11.4. The van der Waals surface area contributed by atoms with E-state index in [1.165, 1.54) is 0 Å². The van der Waals surface area contributed by atoms with Crippen molar-refractivity contribution in [1.29, 1.82) is 0 Å². The molecule has 0 fully saturated rings. The second kappa shape index (κ2) is 6.53. The Labute approximate surface area is 131 Å². The zero-order chi connectivity index (χ0) is 16.4. The maximum absolute atomic E-state index is 11.4. The maximum Gasteiger partial charge on any atom is 0.335 e. The topological polar surface area (TPSA) is 62.5 Å². The number of fused-ring (bicyclic) bond motifs is 1. The molecule has 1 heterocycles. The van der Waals surface area contributed by atoms with E-state index in [1.807, 2.05) is 0 Å². The van der Waals surface area contributed by atoms with E-state index in [4.69, 9.17) is 5.11 Å². The second-order valence-corrected chi connectivity index (χ2v) is 6.43. The van der Waals surface area contributed by atoms with Gasteiger partial charge in [0.25, 0.3) is 0 Å². The molecule has 4 nitrogen and oxygen atoms in total. The van der Waals surface area contributed by atoms with Gasteiger partial charge >= 0.3 is 5.97 Å². The average molecular weight is 303 g/mol. The molecule has 0 aliphatic rings. The van der Waals surface area contributed by atoms with Gasteiger partial charge in [-0.1, -0.05) is 27.7 Å². The number of hydrogen-bond acceptors (Lipinski definition) is 2. The molecule has 0 radical (unpaired) electrons. The number of benzene rings is 1. The van der Waals surface area contributed by atoms with Crippen molar-refractivity contribution < 1.29 is 15.0 Å². The van der Waals surface area contributed by atoms with Gasteiger partial charge in [-0.25, -0.2) is 4.79 Å². The SMILES string of the molecule is CC(C)c1cn(CCCO)c2c(C(C)C)cc(C(=O)O)cc12. The minimum absolute atomic E-state index is 0.154. The largest absolute Gasteiger partial charge is 0.478 e. The first-order chi connectivity index (χ1) is 10.4. The molecular formula is C18H25NO3. The first-order valence-corrected chi connectivity index (χ1v) is 7.87. The number of aryl methyl sites for hydroxylation is 1. The van der Waals surface area contributed by atoms with Crippen LogP contribution < -0.4 is 0 Å². The smallest absolute Gasteiger partial charge is 0.335 e. The van der Waals surface area contributed by atoms with Gasteiger partial charge in [-0.15, -0.1) is 0 Å². The lowest BCUT2D eigenvalue weighted by Crippen LogP contribution is -2.04. The molecule has 1 aromatic heterocycles. The number of carboxylic acids is 1. The Hall–Kier alpha value is -1.81. The highest BCUT2D eigenvalue weighted by Crippen LogP contribution is 2.34. The third-order valence-corrected chi connectivity index (χ3v) is 4.08. The van der Waals surface area contributed by atoms with Gasteiger partial charge in [-0.3, -0.25) is 0 Å². The van der Waals surface area contributed by atoms with Crippen molar-refractivity contribution in [2.24, 2.45) is 0 Å². The fraction of sp³-hybridized carbons (Fsp3) is 0.500. The van der Waals surface area contributed by atoms with Crippen molar-refractivity contribution in [2.75, 3.05) is 6.61 Å². The van der Waals surface area contributed by atoms with E-state index < -0.39 is 5.97 Å². The molecule has 22 heavy (non-hydrogen) atoms. The highest BCUT2D eigenvalue weighted by Gasteiger charge is 2.19. The highest BCUT2D eigenvalue weighted by molar-refractivity contribution is 5.97. The van der Waals surface area contributed by atoms with Crippen LogP contribution in [0, 0.1) is 0 Å². The molecule has 0 amide bonds. The van der Waals surface area contributed by atoms with Crippen LogP contribution in [0.25, 0.3) is 10.9 Å². The minimum Gasteiger partial charge on any atom is -0.478 e. The summed E-state index contributed by atoms with van der Waals surface area (Å²) in [6, 6.07) is 3.57. The second-order valence-electron chi connectivity index (χ2n) is 6.43. The average Bonchev–Trinajstić information content (AvgIpc) is 2.82. The fourth-order valence-corrected chi connectivity index (χ4v) is 2.94. The van der Waals surface area contributed by atoms with Crippen molar-refractivity contribution in [2.45, 2.75) is 52.5 Å². The van der Waals surface area contributed by atoms with Crippen LogP contribution >= 0.6 is 0 Å². The predicted octanol–water partition coefficient (Wildman–Crippen LogP) is 3.97. The van der Waals surface area contributed by atoms with Crippen LogP contribution in [0.5, 0.6) is 0 Å². The molecule has 2 N–H and O–H groups in total. The molecule has 0 bridgehead atoms. The monoisotopic (exact) mass is 303 g/mol. The van der Waals surface area contributed by atoms with Crippen LogP contribution in [-0.4, -0.2) is 27.4 Å². The van der Waals surface area contributed by atoms with Crippen LogP contribution in [-0.2, 0) is 6.54 Å². The molecule has 0 unspecified atom stereocenters. The molecule has 4 heteroatoms. The zero-order valence-electron chi connectivity index (χ0n) is 13.8. The van der Waals surface area contributed by atoms with Gasteiger partial charge < -0.3 is 14.8 Å². The van der Waals surface area contributed by atoms with E-state index in [2.05, 4.69) is 38.5 Å². The number of aliphatic hydroxyl groups is 1. The van der Waals surface area contributed by atoms with Gasteiger partial charge in [0.15, 0.2) is 0 Å². The first-order valence-electron chi connectivity index (χ1n) is 7.87. The Morgan fingerprint density at radius 1 is 1.14 bits per heavy atom. The van der Waals surface area contributed by atoms with Gasteiger partial charge in [0.1, 0.15) is 0 Å². The lowest BCUT2D eigenvalue weighted by atomic mass is 9.94. The van der Waals surface area contributed by atoms with Crippen LogP contribution in [0.15, 0.2) is 18.3 Å². The van der Waals surface area contributed by atoms with E-state index >= 15 is 0 Å². The van der Waals surface area contributed by atoms with Crippen molar-refractivity contribution in [3.63, 3.8) is 0 Å². The third kappa shape index (κ3) is 3.02. The Kier molecular flexibility index (Phi) is 4.91. The van der Waals surface area contributed by atoms with Gasteiger partial charge in [0, 0.05) is 24.7 Å². The Bertz CT molecular complexity index is 683. The fourth-order valence-electron chi connectivity index (χ4n) is 2.94. The molecular weight excluding hydrogens is 278 g/mol. The number of aromatic carboxylic acids is 1. The standard InChI is InChI=1S/C18H25NO3/c1-11(2)14-8-13(18(21)22)9-15-16(12(3)4)10-19(17(14)15)6-5-7-20/h8-12,20H,5-7H2,1-4H3,(H,21,22). The molecule has 2 aromatic rings. The van der Waals surface area contributed by atoms with Crippen LogP contribution in [0.2, 0.25) is 0 Å². The van der Waals surface area contributed by atoms with Crippen LogP contribution in [0.4, 0.5) is 0 Å². The van der Waals surface area contributed by atoms with E-state index in [0.29, 0.717) is 17.9 Å². The number of carboxylic acid groups (broad SMARTS) is 1. The molecule has 0 saturated heterocycles. The number of rotatable bonds is 6. The third-order valence-electron chi connectivity index (χ3n) is 4.08. The summed E-state index contributed by atoms with van der Waals surface area (Å²) in [7, 11) is 0. The lowest BCUT2D eigenvalue weighted by Gasteiger charge is -2.13. The first kappa shape index (κ1) is 16.6. The molecule has 2 rings (SSSR count). The summed E-state index contributed by atoms with van der Waals surface area (Å²) in [5.41, 5.74) is 3.67. The summed E-state index contributed by atoms with van der Waals surface area (Å²) < 4.78 is 2.17. The van der Waals surface area contributed by atoms with Crippen LogP contribution in [0.3, 0.4) is 0 Å². The van der Waals surface area contributed by atoms with Crippen LogP contribution in [0.1, 0.15) is 67.4 Å². The summed E-state index contributed by atoms with van der Waals surface area (Å²) in [6.45, 7) is 9.30. The molecule has 120 valence electrons. The van der Waals surface area contributed by atoms with Gasteiger partial charge in [0.05, 0.1) is 11.1 Å². The van der Waals surface area contributed by atoms with Gasteiger partial charge in [0.2, 0.25) is 0 Å². The summed E-state index contributed by atoms with van der Waals surface area (Å²) >= 11 is 0. The number of aliphatic hydroxyl groups excluding tert-OH is 1. The number of aromatic nitrogens is 1. The summed E-state index contributed by atoms with van der Waals surface area (Å²) in [6.07, 6.45) is 2.81. The Balaban J connectivity index is 2.79. The lowest BCUT2D eigenvalue weighted by molar-refractivity contribution is 0.0697. The van der Waals surface area contributed by atoms with Crippen molar-refractivity contribution >= 4 is 16.9 Å². The maximum atomic E-state index is 11.4. The number of carbonyl (C=O) groups is 1. The molecule has 0 aliphatic heterocycles. The molecule has 0 saturated carbocycles. The summed E-state index contributed by atoms with van der Waals surface area (Å²) in [5.74, 6) is -0.326. The predicted molar refractivity (Wildman–Crippen MR) is 88.8 cm³/mol. The normalized spacial score (nSPS) is 11.8. The Morgan fingerprint density at radius 3 is 2.27 bits per heavy atom. The van der Waals surface area contributed by atoms with Gasteiger partial charge in [-0.2, -0.15) is 0 Å².